The molecule has 0 aromatic rings. The molecule has 0 fully saturated rings. The van der Waals surface area contributed by atoms with Crippen LogP contribution in [0.15, 0.2) is 0 Å². The number of hydrogen-bond donors (Lipinski definition) is 1. The van der Waals surface area contributed by atoms with E-state index >= 15 is 0 Å². The van der Waals surface area contributed by atoms with Gasteiger partial charge in [-0.05, 0) is 19.9 Å². The lowest BCUT2D eigenvalue weighted by atomic mass is 10.3. The zero-order valence-corrected chi connectivity index (χ0v) is 6.98. The quantitative estimate of drug-likeness (QED) is 0.631. The largest absolute Gasteiger partial charge is 0.382 e. The van der Waals surface area contributed by atoms with Gasteiger partial charge in [-0.1, -0.05) is 13.8 Å². The molecule has 0 bridgehead atoms. The Bertz CT molecular complexity index is 39.9. The summed E-state index contributed by atoms with van der Waals surface area (Å²) in [4.78, 5) is 0. The molecule has 0 heterocycles. The second-order valence-electron chi connectivity index (χ2n) is 1.62. The molecule has 0 aliphatic heterocycles. The maximum Gasteiger partial charge on any atom is 0.0555 e. The summed E-state index contributed by atoms with van der Waals surface area (Å²) in [7, 11) is 1.69. The van der Waals surface area contributed by atoms with E-state index in [0.29, 0.717) is 6.10 Å². The molecule has 2 N–H and O–H groups in total. The van der Waals surface area contributed by atoms with Gasteiger partial charge in [-0.2, -0.15) is 0 Å². The Morgan fingerprint density at radius 1 is 1.44 bits per heavy atom. The van der Waals surface area contributed by atoms with Gasteiger partial charge in [0.2, 0.25) is 0 Å². The van der Waals surface area contributed by atoms with Crippen LogP contribution in [-0.4, -0.2) is 19.8 Å². The van der Waals surface area contributed by atoms with E-state index in [4.69, 9.17) is 10.5 Å². The minimum atomic E-state index is 0.324. The fourth-order valence-electron chi connectivity index (χ4n) is 0.353. The number of rotatable bonds is 3. The fraction of sp³-hybridized carbons (Fsp3) is 1.00. The summed E-state index contributed by atoms with van der Waals surface area (Å²) in [6, 6.07) is 0. The molecular formula is C7H19NO. The van der Waals surface area contributed by atoms with Gasteiger partial charge in [-0.25, -0.2) is 0 Å². The molecule has 0 saturated heterocycles. The van der Waals surface area contributed by atoms with Crippen molar-refractivity contribution in [2.24, 2.45) is 5.73 Å². The van der Waals surface area contributed by atoms with Crippen molar-refractivity contribution in [3.05, 3.63) is 0 Å². The van der Waals surface area contributed by atoms with Crippen LogP contribution in [0, 0.1) is 0 Å². The van der Waals surface area contributed by atoms with Crippen LogP contribution in [0.4, 0.5) is 0 Å². The average molecular weight is 133 g/mol. The Balaban J connectivity index is 0. The second kappa shape index (κ2) is 10.8. The number of ether oxygens (including phenoxy) is 1. The highest BCUT2D eigenvalue weighted by Gasteiger charge is 1.92. The van der Waals surface area contributed by atoms with Crippen molar-refractivity contribution >= 4 is 0 Å². The molecule has 0 spiro atoms. The van der Waals surface area contributed by atoms with Crippen molar-refractivity contribution < 1.29 is 4.74 Å². The molecule has 1 unspecified atom stereocenters. The van der Waals surface area contributed by atoms with Crippen molar-refractivity contribution in [3.8, 4) is 0 Å². The first-order valence-corrected chi connectivity index (χ1v) is 3.54. The molecule has 0 aromatic heterocycles. The van der Waals surface area contributed by atoms with Crippen LogP contribution in [0.25, 0.3) is 0 Å². The number of methoxy groups -OCH3 is 1. The summed E-state index contributed by atoms with van der Waals surface area (Å²) in [5.74, 6) is 0. The van der Waals surface area contributed by atoms with E-state index in [-0.39, 0.29) is 0 Å². The van der Waals surface area contributed by atoms with Gasteiger partial charge in [-0.3, -0.25) is 0 Å². The maximum absolute atomic E-state index is 5.22. The first-order valence-electron chi connectivity index (χ1n) is 3.54. The Morgan fingerprint density at radius 3 is 2.00 bits per heavy atom. The van der Waals surface area contributed by atoms with E-state index in [1.54, 1.807) is 7.11 Å². The maximum atomic E-state index is 5.22. The van der Waals surface area contributed by atoms with Crippen LogP contribution in [0.3, 0.4) is 0 Å². The zero-order chi connectivity index (χ0) is 7.70. The highest BCUT2D eigenvalue weighted by Crippen LogP contribution is 1.89. The summed E-state index contributed by atoms with van der Waals surface area (Å²) in [6.07, 6.45) is 1.28. The minimum absolute atomic E-state index is 0.324. The molecule has 0 aromatic carbocycles. The van der Waals surface area contributed by atoms with E-state index in [1.807, 2.05) is 20.8 Å². The van der Waals surface area contributed by atoms with Gasteiger partial charge in [0.15, 0.2) is 0 Å². The Hall–Kier alpha value is -0.0800. The number of hydrogen-bond acceptors (Lipinski definition) is 2. The van der Waals surface area contributed by atoms with E-state index in [2.05, 4.69) is 0 Å². The Kier molecular flexibility index (Phi) is 14.0. The minimum Gasteiger partial charge on any atom is -0.382 e. The van der Waals surface area contributed by atoms with Crippen LogP contribution >= 0.6 is 0 Å². The van der Waals surface area contributed by atoms with Gasteiger partial charge in [0.05, 0.1) is 6.10 Å². The summed E-state index contributed by atoms with van der Waals surface area (Å²) >= 11 is 0. The molecule has 2 heteroatoms. The van der Waals surface area contributed by atoms with Crippen LogP contribution < -0.4 is 5.73 Å². The summed E-state index contributed by atoms with van der Waals surface area (Å²) < 4.78 is 4.91. The third-order valence-electron chi connectivity index (χ3n) is 0.976. The SMILES string of the molecule is CC.COC(C)CCN. The topological polar surface area (TPSA) is 35.2 Å². The van der Waals surface area contributed by atoms with Gasteiger partial charge in [-0.15, -0.1) is 0 Å². The highest BCUT2D eigenvalue weighted by molar-refractivity contribution is 4.46. The van der Waals surface area contributed by atoms with Crippen LogP contribution in [0.1, 0.15) is 27.2 Å². The normalized spacial score (nSPS) is 11.7. The highest BCUT2D eigenvalue weighted by atomic mass is 16.5. The number of nitrogens with two attached hydrogens (primary N) is 1. The standard InChI is InChI=1S/C5H13NO.C2H6/c1-5(7-2)3-4-6;1-2/h5H,3-4,6H2,1-2H3;1-2H3. The summed E-state index contributed by atoms with van der Waals surface area (Å²) in [5.41, 5.74) is 5.22. The molecule has 58 valence electrons. The molecule has 0 aliphatic rings. The smallest absolute Gasteiger partial charge is 0.0555 e. The van der Waals surface area contributed by atoms with E-state index in [9.17, 15) is 0 Å². The van der Waals surface area contributed by atoms with E-state index < -0.39 is 0 Å². The lowest BCUT2D eigenvalue weighted by Crippen LogP contribution is -2.11. The molecular weight excluding hydrogens is 114 g/mol. The third kappa shape index (κ3) is 11.5. The molecule has 0 amide bonds. The molecule has 1 atom stereocenters. The van der Waals surface area contributed by atoms with Crippen molar-refractivity contribution in [2.45, 2.75) is 33.3 Å². The molecule has 0 saturated carbocycles. The third-order valence-corrected chi connectivity index (χ3v) is 0.976. The van der Waals surface area contributed by atoms with Gasteiger partial charge in [0.1, 0.15) is 0 Å². The second-order valence-corrected chi connectivity index (χ2v) is 1.62. The molecule has 0 rings (SSSR count). The van der Waals surface area contributed by atoms with E-state index in [1.165, 1.54) is 0 Å². The average Bonchev–Trinajstić information content (AvgIpc) is 1.93. The van der Waals surface area contributed by atoms with Gasteiger partial charge >= 0.3 is 0 Å². The molecule has 0 radical (unpaired) electrons. The summed E-state index contributed by atoms with van der Waals surface area (Å²) in [5, 5.41) is 0. The van der Waals surface area contributed by atoms with Crippen molar-refractivity contribution in [1.82, 2.24) is 0 Å². The van der Waals surface area contributed by atoms with E-state index in [0.717, 1.165) is 13.0 Å². The van der Waals surface area contributed by atoms with Crippen molar-refractivity contribution in [1.29, 1.82) is 0 Å². The van der Waals surface area contributed by atoms with Crippen LogP contribution in [0.5, 0.6) is 0 Å². The molecule has 2 nitrogen and oxygen atoms in total. The van der Waals surface area contributed by atoms with Crippen LogP contribution in [-0.2, 0) is 4.74 Å². The molecule has 0 aliphatic carbocycles. The van der Waals surface area contributed by atoms with Crippen LogP contribution in [0.2, 0.25) is 0 Å². The van der Waals surface area contributed by atoms with Gasteiger partial charge < -0.3 is 10.5 Å². The lowest BCUT2D eigenvalue weighted by molar-refractivity contribution is 0.113. The first-order chi connectivity index (χ1) is 4.31. The lowest BCUT2D eigenvalue weighted by Gasteiger charge is -2.04. The van der Waals surface area contributed by atoms with Crippen molar-refractivity contribution in [2.75, 3.05) is 13.7 Å². The van der Waals surface area contributed by atoms with Gasteiger partial charge in [0.25, 0.3) is 0 Å². The Morgan fingerprint density at radius 2 is 1.89 bits per heavy atom. The zero-order valence-electron chi connectivity index (χ0n) is 6.98. The fourth-order valence-corrected chi connectivity index (χ4v) is 0.353. The Labute approximate surface area is 58.4 Å². The predicted octanol–water partition coefficient (Wildman–Crippen LogP) is 1.40. The van der Waals surface area contributed by atoms with Gasteiger partial charge in [0, 0.05) is 7.11 Å². The summed E-state index contributed by atoms with van der Waals surface area (Å²) in [6.45, 7) is 6.72. The van der Waals surface area contributed by atoms with Crippen molar-refractivity contribution in [3.63, 3.8) is 0 Å². The predicted molar refractivity (Wildman–Crippen MR) is 41.5 cm³/mol. The monoisotopic (exact) mass is 133 g/mol. The molecule has 9 heavy (non-hydrogen) atoms. The first kappa shape index (κ1) is 11.7.